The average Bonchev–Trinajstić information content (AvgIpc) is 2.88. The molecule has 0 spiro atoms. The lowest BCUT2D eigenvalue weighted by molar-refractivity contribution is -0.144. The summed E-state index contributed by atoms with van der Waals surface area (Å²) in [5, 5.41) is 0. The predicted octanol–water partition coefficient (Wildman–Crippen LogP) is 3.37. The number of thiophene rings is 1. The Morgan fingerprint density at radius 3 is 2.52 bits per heavy atom. The number of hydrogen-bond donors (Lipinski definition) is 0. The van der Waals surface area contributed by atoms with E-state index < -0.39 is 29.8 Å². The van der Waals surface area contributed by atoms with Crippen LogP contribution in [0.15, 0.2) is 35.1 Å². The summed E-state index contributed by atoms with van der Waals surface area (Å²) < 4.78 is 39.1. The van der Waals surface area contributed by atoms with Crippen molar-refractivity contribution >= 4 is 17.1 Å². The van der Waals surface area contributed by atoms with Gasteiger partial charge < -0.3 is 0 Å². The number of rotatable bonds is 4. The molecule has 0 saturated heterocycles. The summed E-state index contributed by atoms with van der Waals surface area (Å²) in [6.45, 7) is 1.31. The molecule has 7 heteroatoms. The van der Waals surface area contributed by atoms with Crippen LogP contribution in [0, 0.1) is 0 Å². The van der Waals surface area contributed by atoms with E-state index in [4.69, 9.17) is 0 Å². The first-order valence-electron chi connectivity index (χ1n) is 6.22. The second kappa shape index (κ2) is 5.85. The van der Waals surface area contributed by atoms with Crippen LogP contribution in [-0.4, -0.2) is 10.4 Å². The third kappa shape index (κ3) is 3.41. The second-order valence-electron chi connectivity index (χ2n) is 4.38. The Hall–Kier alpha value is -1.89. The fourth-order valence-electron chi connectivity index (χ4n) is 1.87. The Morgan fingerprint density at radius 2 is 1.95 bits per heavy atom. The van der Waals surface area contributed by atoms with Gasteiger partial charge in [0.1, 0.15) is 5.69 Å². The minimum atomic E-state index is -4.68. The lowest BCUT2D eigenvalue weighted by Crippen LogP contribution is -2.29. The number of nitrogens with zero attached hydrogens (tertiary/aromatic N) is 1. The molecule has 0 aromatic carbocycles. The fraction of sp³-hybridized carbons (Fsp3) is 0.286. The normalized spacial score (nSPS) is 11.6. The topological polar surface area (TPSA) is 39.1 Å². The van der Waals surface area contributed by atoms with Crippen LogP contribution >= 0.6 is 11.3 Å². The van der Waals surface area contributed by atoms with Crippen molar-refractivity contribution in [1.82, 2.24) is 4.57 Å². The van der Waals surface area contributed by atoms with Gasteiger partial charge in [-0.2, -0.15) is 13.2 Å². The second-order valence-corrected chi connectivity index (χ2v) is 5.54. The molecule has 21 heavy (non-hydrogen) atoms. The zero-order valence-electron chi connectivity index (χ0n) is 11.1. The third-order valence-corrected chi connectivity index (χ3v) is 4.20. The first-order chi connectivity index (χ1) is 9.82. The monoisotopic (exact) mass is 315 g/mol. The zero-order valence-corrected chi connectivity index (χ0v) is 11.9. The van der Waals surface area contributed by atoms with Crippen LogP contribution in [0.5, 0.6) is 0 Å². The van der Waals surface area contributed by atoms with Crippen LogP contribution in [0.25, 0.3) is 0 Å². The summed E-state index contributed by atoms with van der Waals surface area (Å²) >= 11 is 1.23. The van der Waals surface area contributed by atoms with E-state index in [0.717, 1.165) is 29.5 Å². The highest BCUT2D eigenvalue weighted by Crippen LogP contribution is 2.28. The van der Waals surface area contributed by atoms with Gasteiger partial charge in [-0.1, -0.05) is 13.0 Å². The molecule has 0 fully saturated rings. The van der Waals surface area contributed by atoms with E-state index in [0.29, 0.717) is 9.44 Å². The molecule has 0 amide bonds. The smallest absolute Gasteiger partial charge is 0.296 e. The molecule has 0 aliphatic rings. The molecule has 0 atom stereocenters. The van der Waals surface area contributed by atoms with Crippen molar-refractivity contribution in [2.24, 2.45) is 0 Å². The highest BCUT2D eigenvalue weighted by molar-refractivity contribution is 7.14. The number of aryl methyl sites for hydroxylation is 1. The predicted molar refractivity (Wildman–Crippen MR) is 73.7 cm³/mol. The molecule has 3 nitrogen and oxygen atoms in total. The van der Waals surface area contributed by atoms with Gasteiger partial charge in [0.25, 0.3) is 5.56 Å². The minimum Gasteiger partial charge on any atom is -0.296 e. The summed E-state index contributed by atoms with van der Waals surface area (Å²) in [5.41, 5.74) is -1.96. The van der Waals surface area contributed by atoms with Crippen LogP contribution in [0.4, 0.5) is 13.2 Å². The third-order valence-electron chi connectivity index (χ3n) is 2.93. The Labute approximate surface area is 122 Å². The van der Waals surface area contributed by atoms with Crippen molar-refractivity contribution in [1.29, 1.82) is 0 Å². The van der Waals surface area contributed by atoms with Gasteiger partial charge in [0.05, 0.1) is 11.4 Å². The molecule has 0 bridgehead atoms. The van der Waals surface area contributed by atoms with Gasteiger partial charge in [-0.05, 0) is 24.6 Å². The van der Waals surface area contributed by atoms with E-state index in [2.05, 4.69) is 0 Å². The maximum absolute atomic E-state index is 12.9. The molecular formula is C14H12F3NO2S. The van der Waals surface area contributed by atoms with Gasteiger partial charge >= 0.3 is 6.18 Å². The van der Waals surface area contributed by atoms with Gasteiger partial charge in [-0.15, -0.1) is 11.3 Å². The number of ketones is 1. The van der Waals surface area contributed by atoms with E-state index in [1.807, 2.05) is 6.92 Å². The van der Waals surface area contributed by atoms with Crippen LogP contribution < -0.4 is 5.56 Å². The number of carbonyl (C=O) groups excluding carboxylic acids is 1. The quantitative estimate of drug-likeness (QED) is 0.812. The number of pyridine rings is 1. The molecule has 0 radical (unpaired) electrons. The maximum Gasteiger partial charge on any atom is 0.431 e. The van der Waals surface area contributed by atoms with Gasteiger partial charge in [0.2, 0.25) is 0 Å². The summed E-state index contributed by atoms with van der Waals surface area (Å²) in [6, 6.07) is 6.17. The molecular weight excluding hydrogens is 303 g/mol. The summed E-state index contributed by atoms with van der Waals surface area (Å²) in [4.78, 5) is 25.0. The Kier molecular flexibility index (Phi) is 4.32. The highest BCUT2D eigenvalue weighted by atomic mass is 32.1. The lowest BCUT2D eigenvalue weighted by Gasteiger charge is -2.13. The zero-order chi connectivity index (χ0) is 15.6. The van der Waals surface area contributed by atoms with Crippen LogP contribution in [0.2, 0.25) is 0 Å². The molecule has 2 heterocycles. The molecule has 2 aromatic heterocycles. The summed E-state index contributed by atoms with van der Waals surface area (Å²) in [5.74, 6) is -0.501. The van der Waals surface area contributed by atoms with Gasteiger partial charge in [0, 0.05) is 10.9 Å². The molecule has 0 aliphatic carbocycles. The average molecular weight is 315 g/mol. The van der Waals surface area contributed by atoms with Crippen molar-refractivity contribution in [2.75, 3.05) is 0 Å². The highest BCUT2D eigenvalue weighted by Gasteiger charge is 2.34. The number of hydrogen-bond acceptors (Lipinski definition) is 3. The first kappa shape index (κ1) is 15.5. The minimum absolute atomic E-state index is 0.357. The van der Waals surface area contributed by atoms with E-state index >= 15 is 0 Å². The van der Waals surface area contributed by atoms with E-state index in [1.54, 1.807) is 12.1 Å². The first-order valence-corrected chi connectivity index (χ1v) is 7.03. The van der Waals surface area contributed by atoms with Crippen molar-refractivity contribution in [3.63, 3.8) is 0 Å². The maximum atomic E-state index is 12.9. The van der Waals surface area contributed by atoms with Gasteiger partial charge in [0.15, 0.2) is 5.78 Å². The van der Waals surface area contributed by atoms with Crippen LogP contribution in [-0.2, 0) is 19.1 Å². The van der Waals surface area contributed by atoms with Crippen LogP contribution in [0.3, 0.4) is 0 Å². The van der Waals surface area contributed by atoms with Crippen molar-refractivity contribution < 1.29 is 18.0 Å². The molecule has 2 aromatic rings. The SMILES string of the molecule is CCc1ccc(C(=O)Cn2c(C(F)(F)F)cccc2=O)s1. The molecule has 112 valence electrons. The number of carbonyl (C=O) groups is 1. The molecule has 0 N–H and O–H groups in total. The van der Waals surface area contributed by atoms with Crippen molar-refractivity contribution in [3.05, 3.63) is 56.1 Å². The Balaban J connectivity index is 2.35. The van der Waals surface area contributed by atoms with Crippen LogP contribution in [0.1, 0.15) is 27.2 Å². The number of Topliss-reactive ketones (excluding diaryl/α,β-unsaturated/α-hetero) is 1. The Morgan fingerprint density at radius 1 is 1.24 bits per heavy atom. The molecule has 0 aliphatic heterocycles. The lowest BCUT2D eigenvalue weighted by atomic mass is 10.2. The summed E-state index contributed by atoms with van der Waals surface area (Å²) in [7, 11) is 0. The molecule has 2 rings (SSSR count). The number of aromatic nitrogens is 1. The van der Waals surface area contributed by atoms with Gasteiger partial charge in [-0.25, -0.2) is 0 Å². The molecule has 0 unspecified atom stereocenters. The van der Waals surface area contributed by atoms with Crippen molar-refractivity contribution in [2.45, 2.75) is 26.1 Å². The fourth-order valence-corrected chi connectivity index (χ4v) is 2.75. The number of halogens is 3. The van der Waals surface area contributed by atoms with E-state index in [-0.39, 0.29) is 0 Å². The standard InChI is InChI=1S/C14H12F3NO2S/c1-2-9-6-7-11(21-9)10(19)8-18-12(14(15,16)17)4-3-5-13(18)20/h3-7H,2,8H2,1H3. The number of alkyl halides is 3. The van der Waals surface area contributed by atoms with E-state index in [1.165, 1.54) is 11.3 Å². The van der Waals surface area contributed by atoms with Crippen molar-refractivity contribution in [3.8, 4) is 0 Å². The molecule has 0 saturated carbocycles. The Bertz CT molecular complexity index is 715. The largest absolute Gasteiger partial charge is 0.431 e. The van der Waals surface area contributed by atoms with E-state index in [9.17, 15) is 22.8 Å². The summed E-state index contributed by atoms with van der Waals surface area (Å²) in [6.07, 6.45) is -3.93. The van der Waals surface area contributed by atoms with Gasteiger partial charge in [-0.3, -0.25) is 14.2 Å².